The maximum atomic E-state index is 13.1. The number of hydrogen-bond donors (Lipinski definition) is 1. The van der Waals surface area contributed by atoms with Crippen molar-refractivity contribution in [3.8, 4) is 28.8 Å². The van der Waals surface area contributed by atoms with E-state index in [9.17, 15) is 22.9 Å². The van der Waals surface area contributed by atoms with Gasteiger partial charge in [0, 0.05) is 23.4 Å². The molecule has 1 N–H and O–H groups in total. The minimum Gasteiger partial charge on any atom is -0.489 e. The number of nitrogens with one attached hydrogen (secondary N) is 1. The van der Waals surface area contributed by atoms with Gasteiger partial charge in [-0.05, 0) is 66.6 Å². The molecule has 8 nitrogen and oxygen atoms in total. The van der Waals surface area contributed by atoms with E-state index in [1.165, 1.54) is 18.2 Å². The van der Waals surface area contributed by atoms with Crippen LogP contribution in [0.4, 0.5) is 4.39 Å². The third-order valence-electron chi connectivity index (χ3n) is 6.44. The van der Waals surface area contributed by atoms with E-state index < -0.39 is 21.8 Å². The summed E-state index contributed by atoms with van der Waals surface area (Å²) in [7, 11) is -3.18. The van der Waals surface area contributed by atoms with E-state index in [4.69, 9.17) is 9.84 Å². The predicted octanol–water partition coefficient (Wildman–Crippen LogP) is 4.47. The second-order valence-corrected chi connectivity index (χ2v) is 11.6. The third-order valence-corrected chi connectivity index (χ3v) is 8.21. The molecule has 10 heteroatoms. The van der Waals surface area contributed by atoms with Gasteiger partial charge >= 0.3 is 0 Å². The van der Waals surface area contributed by atoms with Crippen LogP contribution in [0.5, 0.6) is 5.75 Å². The molecule has 2 heterocycles. The van der Waals surface area contributed by atoms with Crippen molar-refractivity contribution in [3.63, 3.8) is 0 Å². The summed E-state index contributed by atoms with van der Waals surface area (Å²) in [5.41, 5.74) is 3.28. The third kappa shape index (κ3) is 6.45. The van der Waals surface area contributed by atoms with Crippen molar-refractivity contribution in [3.05, 3.63) is 108 Å². The first kappa shape index (κ1) is 26.8. The molecule has 0 aliphatic carbocycles. The topological polar surface area (TPSA) is 114 Å². The Balaban J connectivity index is 1.41. The van der Waals surface area contributed by atoms with Crippen LogP contribution < -0.4 is 10.1 Å². The standard InChI is InChI=1S/C30H25FN4O4S/c31-25-10-6-21(7-11-25)19-39-28-12-8-22(9-13-28)29-24(18-35(34-29)27-4-2-1-3-5-27)16-23(17-32)30(36)33-26-14-15-40(37,38)20-26/h1-13,16,18,26H,14-15,19-20H2,(H,33,36). The summed E-state index contributed by atoms with van der Waals surface area (Å²) in [5, 5.41) is 17.2. The van der Waals surface area contributed by atoms with Crippen LogP contribution >= 0.6 is 0 Å². The average Bonchev–Trinajstić information content (AvgIpc) is 3.54. The van der Waals surface area contributed by atoms with Crippen LogP contribution in [0.25, 0.3) is 23.0 Å². The Bertz CT molecular complexity index is 1690. The van der Waals surface area contributed by atoms with Gasteiger partial charge in [0.25, 0.3) is 5.91 Å². The highest BCUT2D eigenvalue weighted by Gasteiger charge is 2.29. The van der Waals surface area contributed by atoms with E-state index in [-0.39, 0.29) is 29.5 Å². The first-order chi connectivity index (χ1) is 19.3. The number of rotatable bonds is 8. The fraction of sp³-hybridized carbons (Fsp3) is 0.167. The summed E-state index contributed by atoms with van der Waals surface area (Å²) in [4.78, 5) is 12.9. The predicted molar refractivity (Wildman–Crippen MR) is 149 cm³/mol. The van der Waals surface area contributed by atoms with Crippen LogP contribution in [0, 0.1) is 17.1 Å². The minimum absolute atomic E-state index is 0.0150. The Hall–Kier alpha value is -4.75. The molecule has 0 saturated carbocycles. The molecule has 0 radical (unpaired) electrons. The van der Waals surface area contributed by atoms with Crippen LogP contribution in [0.1, 0.15) is 17.5 Å². The van der Waals surface area contributed by atoms with E-state index in [1.54, 1.807) is 35.1 Å². The monoisotopic (exact) mass is 556 g/mol. The second kappa shape index (κ2) is 11.6. The highest BCUT2D eigenvalue weighted by atomic mass is 32.2. The van der Waals surface area contributed by atoms with Crippen molar-refractivity contribution in [1.29, 1.82) is 5.26 Å². The van der Waals surface area contributed by atoms with Gasteiger partial charge in [0.05, 0.1) is 22.9 Å². The maximum absolute atomic E-state index is 13.1. The van der Waals surface area contributed by atoms with Crippen LogP contribution in [0.15, 0.2) is 90.6 Å². The molecule has 0 bridgehead atoms. The van der Waals surface area contributed by atoms with E-state index in [0.29, 0.717) is 23.4 Å². The molecular formula is C30H25FN4O4S. The number of benzene rings is 3. The lowest BCUT2D eigenvalue weighted by molar-refractivity contribution is -0.117. The van der Waals surface area contributed by atoms with Gasteiger partial charge in [-0.2, -0.15) is 10.4 Å². The lowest BCUT2D eigenvalue weighted by atomic mass is 10.1. The molecule has 3 aromatic carbocycles. The number of sulfone groups is 1. The Labute approximate surface area is 231 Å². The second-order valence-electron chi connectivity index (χ2n) is 9.40. The zero-order valence-electron chi connectivity index (χ0n) is 21.3. The Morgan fingerprint density at radius 2 is 1.82 bits per heavy atom. The van der Waals surface area contributed by atoms with Crippen molar-refractivity contribution in [2.45, 2.75) is 19.1 Å². The van der Waals surface area contributed by atoms with E-state index in [2.05, 4.69) is 5.32 Å². The van der Waals surface area contributed by atoms with Gasteiger partial charge < -0.3 is 10.1 Å². The Kier molecular flexibility index (Phi) is 7.75. The molecule has 5 rings (SSSR count). The van der Waals surface area contributed by atoms with Crippen LogP contribution in [0.2, 0.25) is 0 Å². The van der Waals surface area contributed by atoms with Crippen molar-refractivity contribution < 1.29 is 22.3 Å². The smallest absolute Gasteiger partial charge is 0.262 e. The molecule has 0 spiro atoms. The summed E-state index contributed by atoms with van der Waals surface area (Å²) in [6, 6.07) is 24.1. The SMILES string of the molecule is N#CC(=Cc1cn(-c2ccccc2)nc1-c1ccc(OCc2ccc(F)cc2)cc1)C(=O)NC1CCS(=O)(=O)C1. The largest absolute Gasteiger partial charge is 0.489 e. The van der Waals surface area contributed by atoms with Crippen molar-refractivity contribution in [1.82, 2.24) is 15.1 Å². The van der Waals surface area contributed by atoms with Crippen molar-refractivity contribution in [2.75, 3.05) is 11.5 Å². The molecule has 4 aromatic rings. The normalized spacial score (nSPS) is 16.3. The summed E-state index contributed by atoms with van der Waals surface area (Å²) >= 11 is 0. The Morgan fingerprint density at radius 3 is 2.48 bits per heavy atom. The number of carbonyl (C=O) groups is 1. The number of aromatic nitrogens is 2. The van der Waals surface area contributed by atoms with Gasteiger partial charge in [0.1, 0.15) is 29.8 Å². The van der Waals surface area contributed by atoms with Crippen LogP contribution in [0.3, 0.4) is 0 Å². The van der Waals surface area contributed by atoms with Gasteiger partial charge in [-0.1, -0.05) is 30.3 Å². The summed E-state index contributed by atoms with van der Waals surface area (Å²) in [6.07, 6.45) is 3.51. The quantitative estimate of drug-likeness (QED) is 0.253. The number of nitrogens with zero attached hydrogens (tertiary/aromatic N) is 3. The van der Waals surface area contributed by atoms with E-state index in [1.807, 2.05) is 48.5 Å². The van der Waals surface area contributed by atoms with E-state index >= 15 is 0 Å². The molecule has 1 atom stereocenters. The first-order valence-corrected chi connectivity index (χ1v) is 14.4. The molecule has 1 aromatic heterocycles. The Morgan fingerprint density at radius 1 is 1.10 bits per heavy atom. The summed E-state index contributed by atoms with van der Waals surface area (Å²) in [5.74, 6) is -0.453. The van der Waals surface area contributed by atoms with Crippen molar-refractivity contribution >= 4 is 21.8 Å². The fourth-order valence-electron chi connectivity index (χ4n) is 4.36. The number of nitriles is 1. The molecule has 1 aliphatic heterocycles. The zero-order chi connectivity index (χ0) is 28.1. The molecule has 1 unspecified atom stereocenters. The molecule has 1 aliphatic rings. The lowest BCUT2D eigenvalue weighted by Crippen LogP contribution is -2.36. The number of para-hydroxylation sites is 1. The maximum Gasteiger partial charge on any atom is 0.262 e. The first-order valence-electron chi connectivity index (χ1n) is 12.6. The highest BCUT2D eigenvalue weighted by Crippen LogP contribution is 2.28. The average molecular weight is 557 g/mol. The molecule has 1 fully saturated rings. The van der Waals surface area contributed by atoms with E-state index in [0.717, 1.165) is 16.8 Å². The van der Waals surface area contributed by atoms with Gasteiger partial charge in [0.15, 0.2) is 9.84 Å². The summed E-state index contributed by atoms with van der Waals surface area (Å²) < 4.78 is 44.2. The van der Waals surface area contributed by atoms with Crippen molar-refractivity contribution in [2.24, 2.45) is 0 Å². The highest BCUT2D eigenvalue weighted by molar-refractivity contribution is 7.91. The molecular weight excluding hydrogens is 531 g/mol. The van der Waals surface area contributed by atoms with Gasteiger partial charge in [-0.15, -0.1) is 0 Å². The molecule has 1 saturated heterocycles. The summed E-state index contributed by atoms with van der Waals surface area (Å²) in [6.45, 7) is 0.277. The number of ether oxygens (including phenoxy) is 1. The van der Waals surface area contributed by atoms with Crippen LogP contribution in [-0.4, -0.2) is 41.7 Å². The number of halogens is 1. The molecule has 1 amide bonds. The molecule has 40 heavy (non-hydrogen) atoms. The van der Waals surface area contributed by atoms with Gasteiger partial charge in [-0.25, -0.2) is 17.5 Å². The molecule has 202 valence electrons. The van der Waals surface area contributed by atoms with Crippen LogP contribution in [-0.2, 0) is 21.2 Å². The van der Waals surface area contributed by atoms with Gasteiger partial charge in [0.2, 0.25) is 0 Å². The lowest BCUT2D eigenvalue weighted by Gasteiger charge is -2.10. The number of hydrogen-bond acceptors (Lipinski definition) is 6. The number of amides is 1. The fourth-order valence-corrected chi connectivity index (χ4v) is 6.04. The number of carbonyl (C=O) groups excluding carboxylic acids is 1. The van der Waals surface area contributed by atoms with Gasteiger partial charge in [-0.3, -0.25) is 4.79 Å². The zero-order valence-corrected chi connectivity index (χ0v) is 22.1. The minimum atomic E-state index is -3.18.